The number of nitrogens with zero attached hydrogens (tertiary/aromatic N) is 1. The third kappa shape index (κ3) is 2.35. The standard InChI is InChI=1S/C12H14BrN3O/c1-7-3-4-10(17-2)8(5-7)11-9(6-14)15-12(13)16-11/h3-5H,6,14H2,1-2H3,(H,15,16). The molecule has 5 heteroatoms. The molecular formula is C12H14BrN3O. The predicted octanol–water partition coefficient (Wildman–Crippen LogP) is 2.61. The smallest absolute Gasteiger partial charge is 0.175 e. The van der Waals surface area contributed by atoms with Crippen molar-refractivity contribution in [3.05, 3.63) is 34.2 Å². The Morgan fingerprint density at radius 3 is 2.88 bits per heavy atom. The van der Waals surface area contributed by atoms with Crippen molar-refractivity contribution in [2.75, 3.05) is 7.11 Å². The van der Waals surface area contributed by atoms with Crippen LogP contribution in [0.25, 0.3) is 11.3 Å². The molecule has 1 heterocycles. The summed E-state index contributed by atoms with van der Waals surface area (Å²) in [5.41, 5.74) is 9.53. The van der Waals surface area contributed by atoms with Crippen LogP contribution < -0.4 is 10.5 Å². The molecule has 0 aliphatic rings. The Hall–Kier alpha value is -1.33. The number of hydrogen-bond donors (Lipinski definition) is 2. The summed E-state index contributed by atoms with van der Waals surface area (Å²) >= 11 is 3.32. The molecular weight excluding hydrogens is 282 g/mol. The van der Waals surface area contributed by atoms with Gasteiger partial charge in [0.15, 0.2) is 4.73 Å². The zero-order valence-electron chi connectivity index (χ0n) is 9.75. The lowest BCUT2D eigenvalue weighted by Crippen LogP contribution is -1.99. The van der Waals surface area contributed by atoms with Gasteiger partial charge in [0.05, 0.1) is 18.5 Å². The van der Waals surface area contributed by atoms with Crippen molar-refractivity contribution >= 4 is 15.9 Å². The first kappa shape index (κ1) is 12.1. The molecule has 0 aliphatic heterocycles. The minimum Gasteiger partial charge on any atom is -0.496 e. The zero-order chi connectivity index (χ0) is 12.4. The minimum atomic E-state index is 0.408. The SMILES string of the molecule is COc1ccc(C)cc1-c1nc(Br)[nH]c1CN. The number of halogens is 1. The largest absolute Gasteiger partial charge is 0.496 e. The van der Waals surface area contributed by atoms with E-state index >= 15 is 0 Å². The Morgan fingerprint density at radius 1 is 1.47 bits per heavy atom. The van der Waals surface area contributed by atoms with Crippen LogP contribution in [-0.2, 0) is 6.54 Å². The first-order chi connectivity index (χ1) is 8.15. The Bertz CT molecular complexity index is 537. The topological polar surface area (TPSA) is 63.9 Å². The van der Waals surface area contributed by atoms with Crippen molar-refractivity contribution in [1.29, 1.82) is 0 Å². The number of benzene rings is 1. The van der Waals surface area contributed by atoms with Gasteiger partial charge in [0.25, 0.3) is 0 Å². The van der Waals surface area contributed by atoms with E-state index in [1.165, 1.54) is 0 Å². The average Bonchev–Trinajstić information content (AvgIpc) is 2.70. The summed E-state index contributed by atoms with van der Waals surface area (Å²) in [5, 5.41) is 0. The molecule has 0 saturated heterocycles. The Kier molecular flexibility index (Phi) is 3.49. The van der Waals surface area contributed by atoms with E-state index in [-0.39, 0.29) is 0 Å². The van der Waals surface area contributed by atoms with Crippen LogP contribution in [0.5, 0.6) is 5.75 Å². The molecule has 1 aromatic carbocycles. The fraction of sp³-hybridized carbons (Fsp3) is 0.250. The number of aromatic amines is 1. The Labute approximate surface area is 108 Å². The molecule has 0 unspecified atom stereocenters. The molecule has 0 fully saturated rings. The number of nitrogens with one attached hydrogen (secondary N) is 1. The highest BCUT2D eigenvalue weighted by atomic mass is 79.9. The van der Waals surface area contributed by atoms with Gasteiger partial charge in [-0.15, -0.1) is 0 Å². The van der Waals surface area contributed by atoms with Crippen molar-refractivity contribution in [3.63, 3.8) is 0 Å². The second-order valence-electron chi connectivity index (χ2n) is 3.76. The highest BCUT2D eigenvalue weighted by molar-refractivity contribution is 9.10. The van der Waals surface area contributed by atoms with Crippen molar-refractivity contribution in [3.8, 4) is 17.0 Å². The van der Waals surface area contributed by atoms with Crippen LogP contribution in [0.3, 0.4) is 0 Å². The summed E-state index contributed by atoms with van der Waals surface area (Å²) in [5.74, 6) is 0.796. The van der Waals surface area contributed by atoms with Crippen molar-refractivity contribution in [1.82, 2.24) is 9.97 Å². The second kappa shape index (κ2) is 4.89. The normalized spacial score (nSPS) is 10.6. The van der Waals surface area contributed by atoms with Crippen LogP contribution in [-0.4, -0.2) is 17.1 Å². The number of methoxy groups -OCH3 is 1. The predicted molar refractivity (Wildman–Crippen MR) is 70.9 cm³/mol. The third-order valence-corrected chi connectivity index (χ3v) is 2.94. The number of ether oxygens (including phenoxy) is 1. The molecule has 3 N–H and O–H groups in total. The molecule has 2 aromatic rings. The summed E-state index contributed by atoms with van der Waals surface area (Å²) < 4.78 is 6.03. The van der Waals surface area contributed by atoms with E-state index in [1.807, 2.05) is 25.1 Å². The quantitative estimate of drug-likeness (QED) is 0.915. The maximum atomic E-state index is 5.70. The lowest BCUT2D eigenvalue weighted by Gasteiger charge is -2.08. The molecule has 0 saturated carbocycles. The molecule has 4 nitrogen and oxygen atoms in total. The van der Waals surface area contributed by atoms with Gasteiger partial charge in [-0.25, -0.2) is 4.98 Å². The van der Waals surface area contributed by atoms with Crippen molar-refractivity contribution < 1.29 is 4.74 Å². The lowest BCUT2D eigenvalue weighted by atomic mass is 10.1. The van der Waals surface area contributed by atoms with Gasteiger partial charge in [-0.2, -0.15) is 0 Å². The molecule has 17 heavy (non-hydrogen) atoms. The Balaban J connectivity index is 2.61. The highest BCUT2D eigenvalue weighted by Crippen LogP contribution is 2.32. The van der Waals surface area contributed by atoms with Crippen LogP contribution in [0.2, 0.25) is 0 Å². The van der Waals surface area contributed by atoms with Gasteiger partial charge in [-0.3, -0.25) is 0 Å². The summed E-state index contributed by atoms with van der Waals surface area (Å²) in [6.45, 7) is 2.44. The van der Waals surface area contributed by atoms with Crippen LogP contribution in [0.15, 0.2) is 22.9 Å². The fourth-order valence-electron chi connectivity index (χ4n) is 1.75. The van der Waals surface area contributed by atoms with E-state index in [0.717, 1.165) is 28.3 Å². The number of rotatable bonds is 3. The van der Waals surface area contributed by atoms with Gasteiger partial charge in [-0.1, -0.05) is 11.6 Å². The first-order valence-corrected chi connectivity index (χ1v) is 6.04. The van der Waals surface area contributed by atoms with Crippen molar-refractivity contribution in [2.24, 2.45) is 5.73 Å². The van der Waals surface area contributed by atoms with E-state index in [9.17, 15) is 0 Å². The van der Waals surface area contributed by atoms with Crippen LogP contribution >= 0.6 is 15.9 Å². The molecule has 0 radical (unpaired) electrons. The van der Waals surface area contributed by atoms with Gasteiger partial charge >= 0.3 is 0 Å². The first-order valence-electron chi connectivity index (χ1n) is 5.25. The molecule has 90 valence electrons. The third-order valence-electron chi connectivity index (χ3n) is 2.56. The van der Waals surface area contributed by atoms with Gasteiger partial charge < -0.3 is 15.5 Å². The minimum absolute atomic E-state index is 0.408. The van der Waals surface area contributed by atoms with Crippen LogP contribution in [0.1, 0.15) is 11.3 Å². The molecule has 0 atom stereocenters. The average molecular weight is 296 g/mol. The Morgan fingerprint density at radius 2 is 2.24 bits per heavy atom. The number of hydrogen-bond acceptors (Lipinski definition) is 3. The van der Waals surface area contributed by atoms with E-state index in [0.29, 0.717) is 11.3 Å². The molecule has 0 aliphatic carbocycles. The van der Waals surface area contributed by atoms with Gasteiger partial charge in [0.1, 0.15) is 5.75 Å². The summed E-state index contributed by atoms with van der Waals surface area (Å²) in [7, 11) is 1.65. The second-order valence-corrected chi connectivity index (χ2v) is 4.51. The maximum Gasteiger partial charge on any atom is 0.175 e. The zero-order valence-corrected chi connectivity index (χ0v) is 11.3. The van der Waals surface area contributed by atoms with E-state index < -0.39 is 0 Å². The van der Waals surface area contributed by atoms with Gasteiger partial charge in [0.2, 0.25) is 0 Å². The molecule has 0 amide bonds. The fourth-order valence-corrected chi connectivity index (χ4v) is 2.17. The lowest BCUT2D eigenvalue weighted by molar-refractivity contribution is 0.416. The highest BCUT2D eigenvalue weighted by Gasteiger charge is 2.14. The van der Waals surface area contributed by atoms with Crippen LogP contribution in [0, 0.1) is 6.92 Å². The number of aryl methyl sites for hydroxylation is 1. The maximum absolute atomic E-state index is 5.70. The number of H-pyrrole nitrogens is 1. The molecule has 0 bridgehead atoms. The van der Waals surface area contributed by atoms with Crippen molar-refractivity contribution in [2.45, 2.75) is 13.5 Å². The van der Waals surface area contributed by atoms with Gasteiger partial charge in [0, 0.05) is 12.1 Å². The number of nitrogens with two attached hydrogens (primary N) is 1. The van der Waals surface area contributed by atoms with E-state index in [4.69, 9.17) is 10.5 Å². The van der Waals surface area contributed by atoms with E-state index in [2.05, 4.69) is 25.9 Å². The summed E-state index contributed by atoms with van der Waals surface area (Å²) in [6.07, 6.45) is 0. The molecule has 0 spiro atoms. The molecule has 2 rings (SSSR count). The summed E-state index contributed by atoms with van der Waals surface area (Å²) in [4.78, 5) is 7.49. The molecule has 1 aromatic heterocycles. The summed E-state index contributed by atoms with van der Waals surface area (Å²) in [6, 6.07) is 5.99. The van der Waals surface area contributed by atoms with Gasteiger partial charge in [-0.05, 0) is 35.0 Å². The van der Waals surface area contributed by atoms with Crippen LogP contribution in [0.4, 0.5) is 0 Å². The van der Waals surface area contributed by atoms with E-state index in [1.54, 1.807) is 7.11 Å². The monoisotopic (exact) mass is 295 g/mol. The number of aromatic nitrogens is 2. The number of imidazole rings is 1.